The van der Waals surface area contributed by atoms with E-state index in [-0.39, 0.29) is 17.6 Å². The van der Waals surface area contributed by atoms with Crippen molar-refractivity contribution in [3.05, 3.63) is 39.8 Å². The zero-order valence-corrected chi connectivity index (χ0v) is 14.1. The molecule has 0 spiro atoms. The smallest absolute Gasteiger partial charge is 0.358 e. The number of rotatable bonds is 8. The van der Waals surface area contributed by atoms with E-state index in [1.54, 1.807) is 20.0 Å². The van der Waals surface area contributed by atoms with E-state index in [0.717, 1.165) is 18.5 Å². The summed E-state index contributed by atoms with van der Waals surface area (Å²) in [6.45, 7) is 7.10. The van der Waals surface area contributed by atoms with Gasteiger partial charge in [-0.05, 0) is 30.8 Å². The van der Waals surface area contributed by atoms with Crippen LogP contribution in [-0.2, 0) is 17.9 Å². The summed E-state index contributed by atoms with van der Waals surface area (Å²) in [4.78, 5) is 22.3. The molecule has 9 nitrogen and oxygen atoms in total. The lowest BCUT2D eigenvalue weighted by atomic mass is 10.1. The number of aryl methyl sites for hydroxylation is 3. The Morgan fingerprint density at radius 2 is 2.21 bits per heavy atom. The van der Waals surface area contributed by atoms with Crippen LogP contribution in [-0.4, -0.2) is 36.9 Å². The first-order valence-electron chi connectivity index (χ1n) is 7.82. The molecule has 0 aromatic carbocycles. The number of aromatic nitrogens is 4. The van der Waals surface area contributed by atoms with Crippen LogP contribution in [0.5, 0.6) is 0 Å². The second-order valence-corrected chi connectivity index (χ2v) is 5.91. The van der Waals surface area contributed by atoms with Crippen LogP contribution < -0.4 is 5.32 Å². The van der Waals surface area contributed by atoms with Crippen LogP contribution in [0.3, 0.4) is 0 Å². The van der Waals surface area contributed by atoms with Gasteiger partial charge in [0.15, 0.2) is 0 Å². The third-order valence-electron chi connectivity index (χ3n) is 3.68. The molecule has 1 atom stereocenters. The summed E-state index contributed by atoms with van der Waals surface area (Å²) in [5.74, 6) is -0.617. The third-order valence-corrected chi connectivity index (χ3v) is 3.68. The van der Waals surface area contributed by atoms with Gasteiger partial charge in [-0.25, -0.2) is 0 Å². The van der Waals surface area contributed by atoms with Crippen LogP contribution in [0.4, 0.5) is 5.82 Å². The number of carbonyl (C=O) groups excluding carboxylic acids is 1. The molecule has 2 rings (SSSR count). The Bertz CT molecular complexity index is 721. The maximum Gasteiger partial charge on any atom is 0.390 e. The minimum atomic E-state index is -0.536. The summed E-state index contributed by atoms with van der Waals surface area (Å²) in [7, 11) is 0. The van der Waals surface area contributed by atoms with Gasteiger partial charge in [0.05, 0.1) is 35.5 Å². The molecule has 2 aromatic rings. The van der Waals surface area contributed by atoms with Crippen molar-refractivity contribution < 1.29 is 9.72 Å². The average Bonchev–Trinajstić information content (AvgIpc) is 3.10. The van der Waals surface area contributed by atoms with E-state index in [2.05, 4.69) is 15.5 Å². The molecule has 2 aromatic heterocycles. The van der Waals surface area contributed by atoms with Crippen molar-refractivity contribution >= 4 is 11.7 Å². The molecule has 24 heavy (non-hydrogen) atoms. The zero-order chi connectivity index (χ0) is 17.7. The largest absolute Gasteiger partial charge is 0.390 e. The predicted molar refractivity (Wildman–Crippen MR) is 87.4 cm³/mol. The Labute approximate surface area is 139 Å². The lowest BCUT2D eigenvalue weighted by molar-refractivity contribution is -0.389. The van der Waals surface area contributed by atoms with Gasteiger partial charge < -0.3 is 15.4 Å². The van der Waals surface area contributed by atoms with Crippen LogP contribution in [0.1, 0.15) is 24.6 Å². The van der Waals surface area contributed by atoms with Crippen molar-refractivity contribution in [2.45, 2.75) is 40.3 Å². The van der Waals surface area contributed by atoms with Crippen molar-refractivity contribution in [2.75, 3.05) is 6.54 Å². The van der Waals surface area contributed by atoms with Gasteiger partial charge in [0.1, 0.15) is 0 Å². The summed E-state index contributed by atoms with van der Waals surface area (Å²) in [6.07, 6.45) is 4.54. The quantitative estimate of drug-likeness (QED) is 0.446. The standard InChI is InChI=1S/C15H22N6O3/c1-11-8-17-19(9-11)6-4-5-16-15(22)12(2)10-20-13(3)7-14(18-20)21(23)24/h7-9,12H,4-6,10H2,1-3H3,(H,16,22). The van der Waals surface area contributed by atoms with Crippen molar-refractivity contribution in [3.8, 4) is 0 Å². The van der Waals surface area contributed by atoms with E-state index in [1.165, 1.54) is 10.7 Å². The second kappa shape index (κ2) is 7.71. The molecule has 1 N–H and O–H groups in total. The summed E-state index contributed by atoms with van der Waals surface area (Å²) in [5, 5.41) is 21.7. The highest BCUT2D eigenvalue weighted by Crippen LogP contribution is 2.12. The summed E-state index contributed by atoms with van der Waals surface area (Å²) in [6, 6.07) is 1.40. The highest BCUT2D eigenvalue weighted by molar-refractivity contribution is 5.78. The van der Waals surface area contributed by atoms with E-state index >= 15 is 0 Å². The normalized spacial score (nSPS) is 12.1. The molecule has 1 amide bonds. The number of nitrogens with one attached hydrogen (secondary N) is 1. The van der Waals surface area contributed by atoms with E-state index in [1.807, 2.05) is 17.8 Å². The lowest BCUT2D eigenvalue weighted by Crippen LogP contribution is -2.33. The fourth-order valence-electron chi connectivity index (χ4n) is 2.33. The Hall–Kier alpha value is -2.71. The first kappa shape index (κ1) is 17.6. The van der Waals surface area contributed by atoms with Crippen molar-refractivity contribution in [1.29, 1.82) is 0 Å². The SMILES string of the molecule is Cc1cnn(CCCNC(=O)C(C)Cn2nc([N+](=O)[O-])cc2C)c1. The van der Waals surface area contributed by atoms with E-state index in [0.29, 0.717) is 18.8 Å². The third kappa shape index (κ3) is 4.64. The van der Waals surface area contributed by atoms with Gasteiger partial charge in [0.25, 0.3) is 0 Å². The Kier molecular flexibility index (Phi) is 5.67. The zero-order valence-electron chi connectivity index (χ0n) is 14.1. The Morgan fingerprint density at radius 1 is 1.46 bits per heavy atom. The average molecular weight is 334 g/mol. The Balaban J connectivity index is 1.76. The molecule has 0 radical (unpaired) electrons. The van der Waals surface area contributed by atoms with E-state index in [4.69, 9.17) is 0 Å². The number of nitrogens with zero attached hydrogens (tertiary/aromatic N) is 5. The van der Waals surface area contributed by atoms with Crippen molar-refractivity contribution in [3.63, 3.8) is 0 Å². The summed E-state index contributed by atoms with van der Waals surface area (Å²) < 4.78 is 3.34. The number of amides is 1. The molecular formula is C15H22N6O3. The van der Waals surface area contributed by atoms with Gasteiger partial charge in [0, 0.05) is 19.3 Å². The fraction of sp³-hybridized carbons (Fsp3) is 0.533. The first-order chi connectivity index (χ1) is 11.4. The van der Waals surface area contributed by atoms with Crippen LogP contribution in [0.15, 0.2) is 18.5 Å². The lowest BCUT2D eigenvalue weighted by Gasteiger charge is -2.11. The van der Waals surface area contributed by atoms with Gasteiger partial charge in [0.2, 0.25) is 5.91 Å². The molecule has 0 saturated carbocycles. The summed E-state index contributed by atoms with van der Waals surface area (Å²) >= 11 is 0. The fourth-order valence-corrected chi connectivity index (χ4v) is 2.33. The number of hydrogen-bond acceptors (Lipinski definition) is 5. The number of hydrogen-bond donors (Lipinski definition) is 1. The molecule has 0 aliphatic heterocycles. The molecule has 0 fully saturated rings. The molecule has 0 aliphatic carbocycles. The van der Waals surface area contributed by atoms with Crippen LogP contribution in [0.2, 0.25) is 0 Å². The van der Waals surface area contributed by atoms with Gasteiger partial charge in [-0.15, -0.1) is 0 Å². The highest BCUT2D eigenvalue weighted by atomic mass is 16.6. The van der Waals surface area contributed by atoms with Gasteiger partial charge in [-0.1, -0.05) is 6.92 Å². The monoisotopic (exact) mass is 334 g/mol. The maximum atomic E-state index is 12.1. The van der Waals surface area contributed by atoms with Gasteiger partial charge >= 0.3 is 5.82 Å². The molecular weight excluding hydrogens is 312 g/mol. The van der Waals surface area contributed by atoms with E-state index < -0.39 is 4.92 Å². The van der Waals surface area contributed by atoms with Crippen molar-refractivity contribution in [1.82, 2.24) is 24.9 Å². The van der Waals surface area contributed by atoms with Crippen molar-refractivity contribution in [2.24, 2.45) is 5.92 Å². The molecule has 1 unspecified atom stereocenters. The molecule has 0 aliphatic rings. The second-order valence-electron chi connectivity index (χ2n) is 5.91. The molecule has 9 heteroatoms. The van der Waals surface area contributed by atoms with E-state index in [9.17, 15) is 14.9 Å². The molecule has 0 saturated heterocycles. The van der Waals surface area contributed by atoms with Gasteiger partial charge in [-0.3, -0.25) is 9.48 Å². The van der Waals surface area contributed by atoms with Gasteiger partial charge in [-0.2, -0.15) is 9.78 Å². The molecule has 0 bridgehead atoms. The Morgan fingerprint density at radius 3 is 2.79 bits per heavy atom. The minimum Gasteiger partial charge on any atom is -0.358 e. The van der Waals surface area contributed by atoms with Crippen LogP contribution in [0.25, 0.3) is 0 Å². The minimum absolute atomic E-state index is 0.0933. The number of carbonyl (C=O) groups is 1. The topological polar surface area (TPSA) is 108 Å². The first-order valence-corrected chi connectivity index (χ1v) is 7.82. The predicted octanol–water partition coefficient (Wildman–Crippen LogP) is 1.45. The van der Waals surface area contributed by atoms with Crippen LogP contribution in [0, 0.1) is 29.9 Å². The highest BCUT2D eigenvalue weighted by Gasteiger charge is 2.20. The summed E-state index contributed by atoms with van der Waals surface area (Å²) in [5.41, 5.74) is 1.77. The van der Waals surface area contributed by atoms with Crippen LogP contribution >= 0.6 is 0 Å². The molecule has 2 heterocycles. The molecule has 130 valence electrons. The number of nitro groups is 1. The maximum absolute atomic E-state index is 12.1.